The topological polar surface area (TPSA) is 240 Å². The van der Waals surface area contributed by atoms with Crippen LogP contribution in [-0.4, -0.2) is 87.2 Å². The van der Waals surface area contributed by atoms with Crippen LogP contribution in [0.3, 0.4) is 0 Å². The van der Waals surface area contributed by atoms with E-state index in [1.54, 1.807) is 44.3 Å². The summed E-state index contributed by atoms with van der Waals surface area (Å²) in [5.41, 5.74) is 7.28. The molecule has 1 aliphatic carbocycles. The number of ether oxygens (including phenoxy) is 3. The van der Waals surface area contributed by atoms with E-state index in [2.05, 4.69) is 20.9 Å². The second kappa shape index (κ2) is 19.0. The lowest BCUT2D eigenvalue weighted by Crippen LogP contribution is -2.37. The standard InChI is InChI=1S/C38H47N7O10/c1-21-14-28-33(40-18-26-20-44(43-42-26)19-25-10-12-27(13-11-25)45(51)52)30(46)17-29(35(28)48)41-37(49)22(2)8-7-9-31(53-5)36(55-38(39)50)24(4)16-23(3)34(47)32(15-21)54-6/h7-13,16-17,20-21,23,31-32,34,36,40,47H,14-15,18-19H2,1-6H3,(H2,39,50)(H,41,49)/b9-7-,22-8+,24-16+/t21-,23+,31+,32+,34-,36+/m1/s1. The number of methoxy groups -OCH3 is 2. The Hall–Kier alpha value is -5.78. The van der Waals surface area contributed by atoms with Gasteiger partial charge in [0.2, 0.25) is 11.6 Å². The molecule has 1 aromatic carbocycles. The number of nitrogens with two attached hydrogens (primary N) is 1. The molecule has 2 aromatic rings. The van der Waals surface area contributed by atoms with Crippen LogP contribution >= 0.6 is 0 Å². The summed E-state index contributed by atoms with van der Waals surface area (Å²) >= 11 is 0. The smallest absolute Gasteiger partial charge is 0.405 e. The summed E-state index contributed by atoms with van der Waals surface area (Å²) in [6, 6.07) is 6.04. The molecular weight excluding hydrogens is 714 g/mol. The van der Waals surface area contributed by atoms with Crippen LogP contribution in [0.25, 0.3) is 0 Å². The number of nitrogens with one attached hydrogen (secondary N) is 2. The van der Waals surface area contributed by atoms with E-state index >= 15 is 0 Å². The maximum absolute atomic E-state index is 14.0. The summed E-state index contributed by atoms with van der Waals surface area (Å²) in [5.74, 6) is -2.53. The van der Waals surface area contributed by atoms with Gasteiger partial charge in [0.05, 0.1) is 47.8 Å². The van der Waals surface area contributed by atoms with E-state index in [-0.39, 0.29) is 53.5 Å². The second-order valence-corrected chi connectivity index (χ2v) is 13.6. The van der Waals surface area contributed by atoms with Gasteiger partial charge in [0.15, 0.2) is 6.10 Å². The third kappa shape index (κ3) is 11.1. The van der Waals surface area contributed by atoms with Gasteiger partial charge in [-0.3, -0.25) is 24.5 Å². The minimum absolute atomic E-state index is 0.0295. The number of fused-ring (bicyclic) bond motifs is 2. The van der Waals surface area contributed by atoms with E-state index in [9.17, 15) is 34.4 Å². The Morgan fingerprint density at radius 1 is 1.15 bits per heavy atom. The molecule has 2 aliphatic rings. The van der Waals surface area contributed by atoms with Crippen LogP contribution in [0, 0.1) is 22.0 Å². The SMILES string of the molecule is CO[C@H]1/C=C\C=C(/C)C(=O)NC2=CC(=O)C(NCc3cn(Cc4ccc([N+](=O)[O-])cc4)nn3)=C(C[C@@H](C)C[C@H](OC)[C@H](O)[C@@H](C)/C=C(\C)[C@@H]1OC(N)=O)C2=O. The Balaban J connectivity index is 1.64. The average Bonchev–Trinajstić information content (AvgIpc) is 3.59. The number of primary amides is 1. The van der Waals surface area contributed by atoms with Crippen molar-refractivity contribution in [3.8, 4) is 0 Å². The number of carbonyl (C=O) groups excluding carboxylic acids is 4. The number of hydrogen-bond donors (Lipinski definition) is 4. The molecule has 2 heterocycles. The van der Waals surface area contributed by atoms with Gasteiger partial charge < -0.3 is 35.7 Å². The first kappa shape index (κ1) is 42.0. The number of non-ortho nitro benzene ring substituents is 1. The monoisotopic (exact) mass is 761 g/mol. The Morgan fingerprint density at radius 2 is 1.85 bits per heavy atom. The van der Waals surface area contributed by atoms with Crippen molar-refractivity contribution in [1.82, 2.24) is 25.6 Å². The first-order valence-corrected chi connectivity index (χ1v) is 17.6. The maximum Gasteiger partial charge on any atom is 0.405 e. The highest BCUT2D eigenvalue weighted by Crippen LogP contribution is 2.29. The molecular formula is C38H47N7O10. The van der Waals surface area contributed by atoms with Crippen molar-refractivity contribution in [2.75, 3.05) is 14.2 Å². The minimum Gasteiger partial charge on any atom is -0.439 e. The molecule has 1 aliphatic heterocycles. The largest absolute Gasteiger partial charge is 0.439 e. The summed E-state index contributed by atoms with van der Waals surface area (Å²) in [6.45, 7) is 7.20. The number of carbonyl (C=O) groups is 4. The van der Waals surface area contributed by atoms with Crippen molar-refractivity contribution < 1.29 is 43.4 Å². The number of allylic oxidation sites excluding steroid dienone is 4. The number of nitrogens with zero attached hydrogens (tertiary/aromatic N) is 4. The quantitative estimate of drug-likeness (QED) is 0.125. The highest BCUT2D eigenvalue weighted by molar-refractivity contribution is 6.23. The number of amides is 2. The van der Waals surface area contributed by atoms with Gasteiger partial charge in [-0.1, -0.05) is 55.5 Å². The zero-order valence-electron chi connectivity index (χ0n) is 31.6. The minimum atomic E-state index is -1.03. The van der Waals surface area contributed by atoms with Gasteiger partial charge in [-0.25, -0.2) is 9.48 Å². The molecule has 0 radical (unpaired) electrons. The molecule has 17 nitrogen and oxygen atoms in total. The summed E-state index contributed by atoms with van der Waals surface area (Å²) in [7, 11) is 2.88. The van der Waals surface area contributed by atoms with E-state index in [4.69, 9.17) is 19.9 Å². The van der Waals surface area contributed by atoms with Crippen molar-refractivity contribution in [1.29, 1.82) is 0 Å². The lowest BCUT2D eigenvalue weighted by Gasteiger charge is -2.30. The number of Topliss-reactive ketones (excluding diaryl/α,β-unsaturated/α-hetero) is 1. The van der Waals surface area contributed by atoms with E-state index < -0.39 is 58.8 Å². The molecule has 0 unspecified atom stereocenters. The highest BCUT2D eigenvalue weighted by atomic mass is 16.6. The van der Waals surface area contributed by atoms with E-state index in [0.29, 0.717) is 17.8 Å². The van der Waals surface area contributed by atoms with Crippen LogP contribution in [0.2, 0.25) is 0 Å². The number of benzene rings is 1. The van der Waals surface area contributed by atoms with Gasteiger partial charge in [-0.2, -0.15) is 0 Å². The molecule has 0 spiro atoms. The highest BCUT2D eigenvalue weighted by Gasteiger charge is 2.33. The van der Waals surface area contributed by atoms with Crippen molar-refractivity contribution in [2.24, 2.45) is 17.6 Å². The van der Waals surface area contributed by atoms with Crippen LogP contribution in [0.1, 0.15) is 51.8 Å². The van der Waals surface area contributed by atoms with Gasteiger partial charge in [0, 0.05) is 49.5 Å². The van der Waals surface area contributed by atoms with Gasteiger partial charge in [0.1, 0.15) is 11.8 Å². The van der Waals surface area contributed by atoms with Gasteiger partial charge >= 0.3 is 6.09 Å². The van der Waals surface area contributed by atoms with Crippen LogP contribution in [0.4, 0.5) is 10.5 Å². The lowest BCUT2D eigenvalue weighted by molar-refractivity contribution is -0.384. The fourth-order valence-electron chi connectivity index (χ4n) is 6.36. The van der Waals surface area contributed by atoms with Crippen molar-refractivity contribution in [3.63, 3.8) is 0 Å². The first-order valence-electron chi connectivity index (χ1n) is 17.6. The molecule has 0 saturated heterocycles. The summed E-state index contributed by atoms with van der Waals surface area (Å²) < 4.78 is 18.2. The zero-order valence-corrected chi connectivity index (χ0v) is 31.6. The molecule has 5 N–H and O–H groups in total. The van der Waals surface area contributed by atoms with Gasteiger partial charge in [0.25, 0.3) is 11.6 Å². The summed E-state index contributed by atoms with van der Waals surface area (Å²) in [6.07, 6.45) is 4.86. The van der Waals surface area contributed by atoms with E-state index in [1.165, 1.54) is 50.1 Å². The van der Waals surface area contributed by atoms with Crippen LogP contribution in [-0.2, 0) is 41.7 Å². The van der Waals surface area contributed by atoms with E-state index in [1.807, 2.05) is 6.92 Å². The van der Waals surface area contributed by atoms with Crippen molar-refractivity contribution in [3.05, 3.63) is 110 Å². The predicted molar refractivity (Wildman–Crippen MR) is 199 cm³/mol. The molecule has 0 fully saturated rings. The average molecular weight is 762 g/mol. The Kier molecular flexibility index (Phi) is 14.5. The molecule has 1 aromatic heterocycles. The number of rotatable bonds is 9. The lowest BCUT2D eigenvalue weighted by atomic mass is 9.85. The molecule has 294 valence electrons. The fourth-order valence-corrected chi connectivity index (χ4v) is 6.36. The van der Waals surface area contributed by atoms with Crippen LogP contribution in [0.15, 0.2) is 89.0 Å². The van der Waals surface area contributed by atoms with Crippen molar-refractivity contribution in [2.45, 2.75) is 78.0 Å². The van der Waals surface area contributed by atoms with Crippen molar-refractivity contribution >= 4 is 29.3 Å². The molecule has 4 rings (SSSR count). The van der Waals surface area contributed by atoms with Gasteiger partial charge in [-0.05, 0) is 43.7 Å². The normalized spacial score (nSPS) is 26.9. The number of aliphatic hydroxyl groups is 1. The third-order valence-electron chi connectivity index (χ3n) is 9.32. The number of aromatic nitrogens is 3. The van der Waals surface area contributed by atoms with Gasteiger partial charge in [-0.15, -0.1) is 5.10 Å². The number of nitro benzene ring substituents is 1. The summed E-state index contributed by atoms with van der Waals surface area (Å²) in [4.78, 5) is 63.2. The predicted octanol–water partition coefficient (Wildman–Crippen LogP) is 3.10. The fraction of sp³-hybridized carbons (Fsp3) is 0.421. The molecule has 2 bridgehead atoms. The summed E-state index contributed by atoms with van der Waals surface area (Å²) in [5, 5.41) is 36.3. The molecule has 2 amide bonds. The maximum atomic E-state index is 14.0. The Labute approximate surface area is 318 Å². The molecule has 55 heavy (non-hydrogen) atoms. The number of hydrogen-bond acceptors (Lipinski definition) is 13. The first-order chi connectivity index (χ1) is 26.1. The Morgan fingerprint density at radius 3 is 2.49 bits per heavy atom. The molecule has 17 heteroatoms. The zero-order chi connectivity index (χ0) is 40.4. The second-order valence-electron chi connectivity index (χ2n) is 13.6. The van der Waals surface area contributed by atoms with Crippen LogP contribution in [0.5, 0.6) is 0 Å². The number of nitro groups is 1. The molecule has 6 atom stereocenters. The number of aliphatic hydroxyl groups excluding tert-OH is 1. The molecule has 0 saturated carbocycles. The van der Waals surface area contributed by atoms with Crippen LogP contribution < -0.4 is 16.4 Å². The Bertz CT molecular complexity index is 1930. The van der Waals surface area contributed by atoms with E-state index in [0.717, 1.165) is 11.6 Å². The third-order valence-corrected chi connectivity index (χ3v) is 9.32. The number of ketones is 2.